The standard InChI is InChI=1S/C14H13O2Si/c1-11(16-17)15-14-10-6-5-9-13(14)12-7-3-2-4-8-12/h2-11H,1H3. The number of hydrogen-bond acceptors (Lipinski definition) is 2. The Balaban J connectivity index is 2.34. The van der Waals surface area contributed by atoms with Crippen molar-refractivity contribution in [3.05, 3.63) is 54.6 Å². The van der Waals surface area contributed by atoms with E-state index < -0.39 is 0 Å². The molecule has 0 heterocycles. The summed E-state index contributed by atoms with van der Waals surface area (Å²) in [5.41, 5.74) is 2.19. The van der Waals surface area contributed by atoms with Gasteiger partial charge in [-0.3, -0.25) is 0 Å². The number of para-hydroxylation sites is 1. The van der Waals surface area contributed by atoms with E-state index in [4.69, 9.17) is 9.16 Å². The van der Waals surface area contributed by atoms with Gasteiger partial charge in [0.1, 0.15) is 5.75 Å². The van der Waals surface area contributed by atoms with Gasteiger partial charge in [-0.1, -0.05) is 48.5 Å². The van der Waals surface area contributed by atoms with E-state index in [1.54, 1.807) is 0 Å². The van der Waals surface area contributed by atoms with E-state index in [1.165, 1.54) is 0 Å². The van der Waals surface area contributed by atoms with Gasteiger partial charge in [-0.2, -0.15) is 0 Å². The molecular formula is C14H13O2Si. The van der Waals surface area contributed by atoms with Gasteiger partial charge in [-0.05, 0) is 18.6 Å². The lowest BCUT2D eigenvalue weighted by atomic mass is 10.1. The largest absolute Gasteiger partial charge is 0.466 e. The first-order valence-corrected chi connectivity index (χ1v) is 5.85. The summed E-state index contributed by atoms with van der Waals surface area (Å²) in [6, 6.07) is 18.0. The van der Waals surface area contributed by atoms with Crippen LogP contribution in [0.2, 0.25) is 0 Å². The Morgan fingerprint density at radius 3 is 2.29 bits per heavy atom. The summed E-state index contributed by atoms with van der Waals surface area (Å²) in [4.78, 5) is 0. The molecule has 0 aliphatic carbocycles. The van der Waals surface area contributed by atoms with Gasteiger partial charge in [-0.25, -0.2) is 0 Å². The lowest BCUT2D eigenvalue weighted by molar-refractivity contribution is 0.0301. The maximum Gasteiger partial charge on any atom is 0.251 e. The smallest absolute Gasteiger partial charge is 0.251 e. The highest BCUT2D eigenvalue weighted by Crippen LogP contribution is 2.30. The summed E-state index contributed by atoms with van der Waals surface area (Å²) in [5.74, 6) is 0.810. The van der Waals surface area contributed by atoms with Crippen LogP contribution in [0.25, 0.3) is 11.1 Å². The third-order valence-corrected chi connectivity index (χ3v) is 2.76. The Kier molecular flexibility index (Phi) is 3.96. The van der Waals surface area contributed by atoms with Crippen LogP contribution in [0.3, 0.4) is 0 Å². The predicted octanol–water partition coefficient (Wildman–Crippen LogP) is 3.18. The maximum atomic E-state index is 5.68. The first-order chi connectivity index (χ1) is 8.31. The maximum absolute atomic E-state index is 5.68. The first-order valence-electron chi connectivity index (χ1n) is 5.45. The van der Waals surface area contributed by atoms with Crippen LogP contribution in [0.1, 0.15) is 6.92 Å². The molecule has 1 atom stereocenters. The molecule has 2 nitrogen and oxygen atoms in total. The summed E-state index contributed by atoms with van der Waals surface area (Å²) < 4.78 is 10.6. The Morgan fingerprint density at radius 1 is 0.941 bits per heavy atom. The molecule has 0 aromatic heterocycles. The fourth-order valence-electron chi connectivity index (χ4n) is 1.63. The Labute approximate surface area is 105 Å². The molecule has 3 heteroatoms. The first kappa shape index (κ1) is 11.9. The number of benzene rings is 2. The molecule has 0 saturated heterocycles. The highest BCUT2D eigenvalue weighted by atomic mass is 28.2. The summed E-state index contributed by atoms with van der Waals surface area (Å²) in [6.45, 7) is 1.83. The molecule has 0 saturated carbocycles. The average molecular weight is 241 g/mol. The number of rotatable bonds is 4. The van der Waals surface area contributed by atoms with E-state index in [9.17, 15) is 0 Å². The fraction of sp³-hybridized carbons (Fsp3) is 0.143. The second-order valence-corrected chi connectivity index (χ2v) is 3.90. The summed E-state index contributed by atoms with van der Waals surface area (Å²) >= 11 is 0. The molecule has 0 aliphatic heterocycles. The molecule has 3 radical (unpaired) electrons. The van der Waals surface area contributed by atoms with E-state index in [0.29, 0.717) is 0 Å². The van der Waals surface area contributed by atoms with Crippen molar-refractivity contribution in [2.75, 3.05) is 0 Å². The van der Waals surface area contributed by atoms with E-state index >= 15 is 0 Å². The van der Waals surface area contributed by atoms with Gasteiger partial charge in [-0.15, -0.1) is 0 Å². The van der Waals surface area contributed by atoms with Gasteiger partial charge < -0.3 is 9.16 Å². The van der Waals surface area contributed by atoms with Crippen LogP contribution in [0.15, 0.2) is 54.6 Å². The molecule has 0 N–H and O–H groups in total. The quantitative estimate of drug-likeness (QED) is 0.604. The lowest BCUT2D eigenvalue weighted by Gasteiger charge is -2.16. The van der Waals surface area contributed by atoms with Crippen LogP contribution >= 0.6 is 0 Å². The molecule has 0 spiro atoms. The second-order valence-electron chi connectivity index (χ2n) is 3.67. The van der Waals surface area contributed by atoms with Crippen molar-refractivity contribution in [3.63, 3.8) is 0 Å². The topological polar surface area (TPSA) is 18.5 Å². The van der Waals surface area contributed by atoms with Crippen molar-refractivity contribution in [2.45, 2.75) is 13.2 Å². The van der Waals surface area contributed by atoms with Gasteiger partial charge in [0.15, 0.2) is 6.29 Å². The van der Waals surface area contributed by atoms with Gasteiger partial charge >= 0.3 is 0 Å². The van der Waals surface area contributed by atoms with E-state index in [0.717, 1.165) is 16.9 Å². The summed E-state index contributed by atoms with van der Waals surface area (Å²) in [7, 11) is 2.98. The zero-order valence-electron chi connectivity index (χ0n) is 9.59. The summed E-state index contributed by atoms with van der Waals surface area (Å²) in [5, 5.41) is 0. The Bertz CT molecular complexity index is 471. The lowest BCUT2D eigenvalue weighted by Crippen LogP contribution is -2.14. The minimum Gasteiger partial charge on any atom is -0.466 e. The minimum absolute atomic E-state index is 0.337. The Hall–Kier alpha value is -1.58. The van der Waals surface area contributed by atoms with Gasteiger partial charge in [0.05, 0.1) is 0 Å². The number of hydrogen-bond donors (Lipinski definition) is 0. The van der Waals surface area contributed by atoms with Gasteiger partial charge in [0.2, 0.25) is 0 Å². The van der Waals surface area contributed by atoms with Crippen molar-refractivity contribution in [2.24, 2.45) is 0 Å². The fourth-order valence-corrected chi connectivity index (χ4v) is 1.68. The van der Waals surface area contributed by atoms with Crippen molar-refractivity contribution in [1.29, 1.82) is 0 Å². The molecule has 0 amide bonds. The average Bonchev–Trinajstić information content (AvgIpc) is 2.40. The third-order valence-electron chi connectivity index (χ3n) is 2.43. The SMILES string of the molecule is CC(O[Si])Oc1ccccc1-c1ccccc1. The summed E-state index contributed by atoms with van der Waals surface area (Å²) in [6.07, 6.45) is -0.337. The zero-order valence-corrected chi connectivity index (χ0v) is 10.6. The highest BCUT2D eigenvalue weighted by molar-refractivity contribution is 5.98. The van der Waals surface area contributed by atoms with Crippen LogP contribution in [0.5, 0.6) is 5.75 Å². The zero-order chi connectivity index (χ0) is 12.1. The highest BCUT2D eigenvalue weighted by Gasteiger charge is 2.08. The molecule has 0 aliphatic rings. The van der Waals surface area contributed by atoms with Crippen LogP contribution in [-0.2, 0) is 4.43 Å². The third kappa shape index (κ3) is 2.96. The molecule has 17 heavy (non-hydrogen) atoms. The molecule has 2 aromatic carbocycles. The molecule has 1 unspecified atom stereocenters. The van der Waals surface area contributed by atoms with Gasteiger partial charge in [0.25, 0.3) is 10.5 Å². The minimum atomic E-state index is -0.337. The molecule has 85 valence electrons. The van der Waals surface area contributed by atoms with Crippen LogP contribution < -0.4 is 4.74 Å². The Morgan fingerprint density at radius 2 is 1.59 bits per heavy atom. The van der Waals surface area contributed by atoms with Crippen molar-refractivity contribution in [3.8, 4) is 16.9 Å². The predicted molar refractivity (Wildman–Crippen MR) is 68.8 cm³/mol. The molecule has 2 rings (SSSR count). The number of ether oxygens (including phenoxy) is 1. The normalized spacial score (nSPS) is 12.1. The van der Waals surface area contributed by atoms with Crippen LogP contribution in [0, 0.1) is 0 Å². The molecule has 2 aromatic rings. The van der Waals surface area contributed by atoms with Crippen LogP contribution in [0.4, 0.5) is 0 Å². The van der Waals surface area contributed by atoms with Crippen molar-refractivity contribution in [1.82, 2.24) is 0 Å². The monoisotopic (exact) mass is 241 g/mol. The second kappa shape index (κ2) is 5.66. The van der Waals surface area contributed by atoms with Gasteiger partial charge in [0, 0.05) is 5.56 Å². The molecule has 0 bridgehead atoms. The molecular weight excluding hydrogens is 228 g/mol. The van der Waals surface area contributed by atoms with E-state index in [2.05, 4.69) is 22.6 Å². The van der Waals surface area contributed by atoms with Crippen molar-refractivity contribution < 1.29 is 9.16 Å². The van der Waals surface area contributed by atoms with E-state index in [-0.39, 0.29) is 6.29 Å². The van der Waals surface area contributed by atoms with Crippen LogP contribution in [-0.4, -0.2) is 16.8 Å². The van der Waals surface area contributed by atoms with Crippen molar-refractivity contribution >= 4 is 10.5 Å². The molecule has 0 fully saturated rings. The van der Waals surface area contributed by atoms with E-state index in [1.807, 2.05) is 49.4 Å².